The van der Waals surface area contributed by atoms with E-state index in [-0.39, 0.29) is 10.7 Å². The van der Waals surface area contributed by atoms with Gasteiger partial charge in [-0.15, -0.1) is 0 Å². The molecule has 0 radical (unpaired) electrons. The number of nitrogens with two attached hydrogens (primary N) is 1. The van der Waals surface area contributed by atoms with Gasteiger partial charge in [-0.05, 0) is 24.3 Å². The summed E-state index contributed by atoms with van der Waals surface area (Å²) in [6, 6.07) is 9.12. The van der Waals surface area contributed by atoms with Crippen molar-refractivity contribution >= 4 is 54.8 Å². The van der Waals surface area contributed by atoms with E-state index in [0.717, 1.165) is 12.1 Å². The molecule has 0 aromatic heterocycles. The van der Waals surface area contributed by atoms with E-state index < -0.39 is 38.0 Å². The number of amides is 1. The third kappa shape index (κ3) is 4.09. The number of primary amides is 1. The number of nitro groups is 1. The topological polar surface area (TPSA) is 124 Å². The monoisotopic (exact) mass is 447 g/mol. The Balaban J connectivity index is 2.69. The smallest absolute Gasteiger partial charge is 0.289 e. The van der Waals surface area contributed by atoms with Crippen molar-refractivity contribution in [2.45, 2.75) is 4.90 Å². The fourth-order valence-electron chi connectivity index (χ4n) is 2.07. The average Bonchev–Trinajstić information content (AvgIpc) is 2.53. The maximum Gasteiger partial charge on any atom is 0.289 e. The fourth-order valence-corrected chi connectivity index (χ4v) is 4.51. The van der Waals surface area contributed by atoms with Gasteiger partial charge in [0.15, 0.2) is 4.90 Å². The van der Waals surface area contributed by atoms with Crippen LogP contribution in [0.15, 0.2) is 51.8 Å². The molecular weight excluding hydrogens is 438 g/mol. The number of para-hydroxylation sites is 1. The van der Waals surface area contributed by atoms with Crippen LogP contribution in [0, 0.1) is 10.1 Å². The Morgan fingerprint density at radius 1 is 1.28 bits per heavy atom. The van der Waals surface area contributed by atoms with Crippen molar-refractivity contribution in [2.75, 3.05) is 10.8 Å². The van der Waals surface area contributed by atoms with Crippen molar-refractivity contribution in [1.29, 1.82) is 0 Å². The molecule has 132 valence electrons. The summed E-state index contributed by atoms with van der Waals surface area (Å²) in [5, 5.41) is 11.2. The van der Waals surface area contributed by atoms with E-state index in [1.807, 2.05) is 0 Å². The summed E-state index contributed by atoms with van der Waals surface area (Å²) >= 11 is 9.27. The van der Waals surface area contributed by atoms with Crippen LogP contribution < -0.4 is 10.0 Å². The summed E-state index contributed by atoms with van der Waals surface area (Å²) < 4.78 is 27.2. The first-order valence-electron chi connectivity index (χ1n) is 6.64. The molecule has 2 aromatic rings. The van der Waals surface area contributed by atoms with E-state index in [1.54, 1.807) is 0 Å². The number of rotatable bonds is 6. The Kier molecular flexibility index (Phi) is 5.65. The maximum absolute atomic E-state index is 13.0. The standard InChI is InChI=1S/C14H11BrClN3O5S/c15-9-5-6-11(10(16)7-9)18(8-14(17)20)25(23,24)13-4-2-1-3-12(13)19(21)22/h1-7H,8H2,(H2,17,20). The van der Waals surface area contributed by atoms with Crippen molar-refractivity contribution in [1.82, 2.24) is 0 Å². The number of carbonyl (C=O) groups is 1. The van der Waals surface area contributed by atoms with Gasteiger partial charge < -0.3 is 5.73 Å². The molecule has 2 N–H and O–H groups in total. The van der Waals surface area contributed by atoms with Crippen LogP contribution >= 0.6 is 27.5 Å². The predicted molar refractivity (Wildman–Crippen MR) is 96.0 cm³/mol. The fraction of sp³-hybridized carbons (Fsp3) is 0.0714. The molecule has 0 aliphatic carbocycles. The number of halogens is 2. The minimum absolute atomic E-state index is 0.0257. The van der Waals surface area contributed by atoms with E-state index in [9.17, 15) is 23.3 Å². The van der Waals surface area contributed by atoms with Gasteiger partial charge in [0.1, 0.15) is 6.54 Å². The molecule has 0 spiro atoms. The number of benzene rings is 2. The van der Waals surface area contributed by atoms with Gasteiger partial charge in [0, 0.05) is 10.5 Å². The summed E-state index contributed by atoms with van der Waals surface area (Å²) in [5.74, 6) is -0.943. The zero-order valence-corrected chi connectivity index (χ0v) is 15.6. The van der Waals surface area contributed by atoms with Crippen LogP contribution in [0.4, 0.5) is 11.4 Å². The molecule has 1 amide bonds. The van der Waals surface area contributed by atoms with Crippen molar-refractivity contribution in [3.63, 3.8) is 0 Å². The van der Waals surface area contributed by atoms with E-state index >= 15 is 0 Å². The lowest BCUT2D eigenvalue weighted by molar-refractivity contribution is -0.387. The van der Waals surface area contributed by atoms with E-state index in [2.05, 4.69) is 15.9 Å². The van der Waals surface area contributed by atoms with Gasteiger partial charge >= 0.3 is 0 Å². The van der Waals surface area contributed by atoms with Gasteiger partial charge in [0.25, 0.3) is 15.7 Å². The molecule has 0 atom stereocenters. The number of nitrogens with zero attached hydrogens (tertiary/aromatic N) is 2. The molecule has 0 saturated carbocycles. The van der Waals surface area contributed by atoms with Crippen LogP contribution in [-0.2, 0) is 14.8 Å². The van der Waals surface area contributed by atoms with E-state index in [1.165, 1.54) is 30.3 Å². The largest absolute Gasteiger partial charge is 0.368 e. The highest BCUT2D eigenvalue weighted by atomic mass is 79.9. The molecule has 11 heteroatoms. The molecule has 0 aliphatic rings. The summed E-state index contributed by atoms with van der Waals surface area (Å²) in [6.45, 7) is -0.726. The molecule has 25 heavy (non-hydrogen) atoms. The molecule has 8 nitrogen and oxygen atoms in total. The van der Waals surface area contributed by atoms with Gasteiger partial charge in [-0.1, -0.05) is 39.7 Å². The first kappa shape index (κ1) is 19.2. The Bertz CT molecular complexity index is 951. The van der Waals surface area contributed by atoms with Crippen LogP contribution in [-0.4, -0.2) is 25.8 Å². The van der Waals surface area contributed by atoms with Crippen molar-refractivity contribution in [3.05, 3.63) is 62.1 Å². The molecule has 0 aliphatic heterocycles. The Morgan fingerprint density at radius 2 is 1.92 bits per heavy atom. The first-order chi connectivity index (χ1) is 11.6. The zero-order valence-electron chi connectivity index (χ0n) is 12.4. The second-order valence-corrected chi connectivity index (χ2v) is 7.95. The van der Waals surface area contributed by atoms with E-state index in [4.69, 9.17) is 17.3 Å². The molecule has 0 saturated heterocycles. The van der Waals surface area contributed by atoms with Gasteiger partial charge in [-0.25, -0.2) is 8.42 Å². The summed E-state index contributed by atoms with van der Waals surface area (Å²) in [6.07, 6.45) is 0. The number of hydrogen-bond donors (Lipinski definition) is 1. The minimum Gasteiger partial charge on any atom is -0.368 e. The summed E-state index contributed by atoms with van der Waals surface area (Å²) in [7, 11) is -4.47. The van der Waals surface area contributed by atoms with Crippen molar-refractivity contribution in [2.24, 2.45) is 5.73 Å². The van der Waals surface area contributed by atoms with Crippen LogP contribution in [0.25, 0.3) is 0 Å². The van der Waals surface area contributed by atoms with Gasteiger partial charge in [0.05, 0.1) is 15.6 Å². The highest BCUT2D eigenvalue weighted by molar-refractivity contribution is 9.10. The molecular formula is C14H11BrClN3O5S. The number of carbonyl (C=O) groups excluding carboxylic acids is 1. The second kappa shape index (κ2) is 7.38. The molecule has 0 fully saturated rings. The average molecular weight is 449 g/mol. The second-order valence-electron chi connectivity index (χ2n) is 4.80. The first-order valence-corrected chi connectivity index (χ1v) is 9.25. The van der Waals surface area contributed by atoms with Crippen molar-refractivity contribution in [3.8, 4) is 0 Å². The van der Waals surface area contributed by atoms with Crippen LogP contribution in [0.5, 0.6) is 0 Å². The molecule has 0 unspecified atom stereocenters. The lowest BCUT2D eigenvalue weighted by Gasteiger charge is -2.24. The normalized spacial score (nSPS) is 11.1. The Morgan fingerprint density at radius 3 is 2.48 bits per heavy atom. The maximum atomic E-state index is 13.0. The van der Waals surface area contributed by atoms with Crippen molar-refractivity contribution < 1.29 is 18.1 Å². The SMILES string of the molecule is NC(=O)CN(c1ccc(Br)cc1Cl)S(=O)(=O)c1ccccc1[N+](=O)[O-]. The number of nitro benzene ring substituents is 1. The zero-order chi connectivity index (χ0) is 18.8. The van der Waals surface area contributed by atoms with Gasteiger partial charge in [-0.3, -0.25) is 19.2 Å². The predicted octanol–water partition coefficient (Wildman–Crippen LogP) is 2.69. The number of sulfonamides is 1. The number of hydrogen-bond acceptors (Lipinski definition) is 5. The number of anilines is 1. The lowest BCUT2D eigenvalue weighted by Crippen LogP contribution is -2.39. The summed E-state index contributed by atoms with van der Waals surface area (Å²) in [5.41, 5.74) is 4.51. The third-order valence-electron chi connectivity index (χ3n) is 3.11. The minimum atomic E-state index is -4.47. The van der Waals surface area contributed by atoms with E-state index in [0.29, 0.717) is 8.78 Å². The van der Waals surface area contributed by atoms with Gasteiger partial charge in [0.2, 0.25) is 5.91 Å². The lowest BCUT2D eigenvalue weighted by atomic mass is 10.3. The van der Waals surface area contributed by atoms with Crippen LogP contribution in [0.3, 0.4) is 0 Å². The Labute approximate surface area is 156 Å². The van der Waals surface area contributed by atoms with Crippen LogP contribution in [0.1, 0.15) is 0 Å². The quantitative estimate of drug-likeness (QED) is 0.537. The molecule has 2 rings (SSSR count). The highest BCUT2D eigenvalue weighted by Crippen LogP contribution is 2.34. The molecule has 0 heterocycles. The third-order valence-corrected chi connectivity index (χ3v) is 5.71. The van der Waals surface area contributed by atoms with Gasteiger partial charge in [-0.2, -0.15) is 0 Å². The summed E-state index contributed by atoms with van der Waals surface area (Å²) in [4.78, 5) is 21.2. The Hall–Kier alpha value is -2.17. The van der Waals surface area contributed by atoms with Crippen LogP contribution in [0.2, 0.25) is 5.02 Å². The highest BCUT2D eigenvalue weighted by Gasteiger charge is 2.33. The molecule has 0 bridgehead atoms. The molecule has 2 aromatic carbocycles.